The molecule has 13 aromatic carbocycles. The Bertz CT molecular complexity index is 5600. The number of benzene rings is 13. The molecule has 0 fully saturated rings. The van der Waals surface area contributed by atoms with Crippen LogP contribution in [0.5, 0.6) is 0 Å². The number of hydrogen-bond acceptors (Lipinski definition) is 18. The van der Waals surface area contributed by atoms with Crippen LogP contribution in [-0.4, -0.2) is 69.8 Å². The summed E-state index contributed by atoms with van der Waals surface area (Å²) in [6, 6.07) is 73.7. The minimum Gasteiger partial charge on any atom is -0.310 e. The van der Waals surface area contributed by atoms with Crippen molar-refractivity contribution in [2.45, 2.75) is 0 Å². The molecule has 0 radical (unpaired) electrons. The molecule has 0 aliphatic carbocycles. The van der Waals surface area contributed by atoms with Crippen molar-refractivity contribution < 1.29 is 0 Å². The molecule has 18 nitrogen and oxygen atoms in total. The zero-order valence-corrected chi connectivity index (χ0v) is 52.8. The third-order valence-electron chi connectivity index (χ3n) is 19.0. The first kappa shape index (κ1) is 56.1. The fourth-order valence-corrected chi connectivity index (χ4v) is 14.4. The first-order valence-electron chi connectivity index (χ1n) is 32.4. The highest BCUT2D eigenvalue weighted by atomic mass is 15.2. The number of rotatable bonds is 12. The smallest absolute Gasteiger partial charge is 0.116 e. The molecule has 0 aliphatic heterocycles. The predicted octanol–water partition coefficient (Wildman–Crippen LogP) is 19.2. The first-order valence-corrected chi connectivity index (χ1v) is 32.4. The van der Waals surface area contributed by atoms with Gasteiger partial charge in [-0.15, -0.1) is 0 Å². The third kappa shape index (κ3) is 9.34. The lowest BCUT2D eigenvalue weighted by Gasteiger charge is -2.34. The average Bonchev–Trinajstić information content (AvgIpc) is 0.698. The maximum absolute atomic E-state index is 4.88. The van der Waals surface area contributed by atoms with Gasteiger partial charge in [0.25, 0.3) is 0 Å². The second-order valence-electron chi connectivity index (χ2n) is 24.6. The summed E-state index contributed by atoms with van der Waals surface area (Å²) in [5.41, 5.74) is 15.9. The van der Waals surface area contributed by atoms with E-state index >= 15 is 0 Å². The van der Waals surface area contributed by atoms with Gasteiger partial charge in [0.15, 0.2) is 0 Å². The lowest BCUT2D eigenvalue weighted by atomic mass is 9.89. The van der Waals surface area contributed by atoms with Crippen LogP contribution in [0.2, 0.25) is 0 Å². The van der Waals surface area contributed by atoms with E-state index in [9.17, 15) is 0 Å². The van der Waals surface area contributed by atoms with Gasteiger partial charge in [-0.3, -0.25) is 0 Å². The summed E-state index contributed by atoms with van der Waals surface area (Å²) in [5.74, 6) is 0. The molecule has 0 amide bonds. The Kier molecular flexibility index (Phi) is 12.7. The molecule has 20 rings (SSSR count). The fraction of sp³-hybridized carbons (Fsp3) is 0. The number of aromatic nitrogens is 14. The first-order chi connectivity index (χ1) is 49.5. The van der Waals surface area contributed by atoms with Crippen molar-refractivity contribution in [1.82, 2.24) is 69.8 Å². The van der Waals surface area contributed by atoms with Crippen LogP contribution in [0, 0.1) is 0 Å². The summed E-state index contributed by atoms with van der Waals surface area (Å²) in [4.78, 5) is 74.5. The molecule has 0 N–H and O–H groups in total. The molecule has 0 saturated carbocycles. The molecule has 0 atom stereocenters. The molecule has 7 aromatic heterocycles. The van der Waals surface area contributed by atoms with E-state index < -0.39 is 0 Å². The molecule has 0 unspecified atom stereocenters. The highest BCUT2D eigenvalue weighted by molar-refractivity contribution is 6.33. The van der Waals surface area contributed by atoms with E-state index in [4.69, 9.17) is 34.9 Å². The Morgan fingerprint density at radius 2 is 0.390 bits per heavy atom. The Morgan fingerprint density at radius 1 is 0.180 bits per heavy atom. The molecule has 466 valence electrons. The van der Waals surface area contributed by atoms with Gasteiger partial charge in [-0.1, -0.05) is 54.6 Å². The molecule has 0 spiro atoms. The summed E-state index contributed by atoms with van der Waals surface area (Å²) in [7, 11) is 0. The van der Waals surface area contributed by atoms with Crippen molar-refractivity contribution in [3.63, 3.8) is 0 Å². The zero-order chi connectivity index (χ0) is 65.8. The topological polar surface area (TPSA) is 193 Å². The largest absolute Gasteiger partial charge is 0.310 e. The third-order valence-corrected chi connectivity index (χ3v) is 19.0. The normalized spacial score (nSPS) is 11.8. The number of hydrogen-bond donors (Lipinski definition) is 0. The number of anilines is 12. The summed E-state index contributed by atoms with van der Waals surface area (Å²) < 4.78 is 0. The predicted molar refractivity (Wildman–Crippen MR) is 398 cm³/mol. The standard InChI is InChI=1S/C82H48N18/c1-2-4-50-25-58(13-5-49(50)3-1)97(59-14-6-51-35-83-42-90-70(51)26-59)77-33-78(98(60-15-7-52-36-84-43-91-71(52)27-60)61-16-8-53-37-85-44-92-72(53)28-61)67-23-24-69-80(100(64-19-11-56-40-88-47-95-75(56)31-64)65-20-12-57-41-89-48-96-76(57)32-65)34-79(68-22-21-66(77)81(67)82(68)69)99(62-17-9-54-38-86-45-93-73(54)29-62)63-18-10-55-39-87-46-94-74(55)30-63/h1-48H. The Balaban J connectivity index is 0.978. The van der Waals surface area contributed by atoms with Crippen LogP contribution in [0.25, 0.3) is 119 Å². The summed E-state index contributed by atoms with van der Waals surface area (Å²) in [5, 5.41) is 14.3. The lowest BCUT2D eigenvalue weighted by molar-refractivity contribution is 1.21. The molecule has 7 heterocycles. The lowest BCUT2D eigenvalue weighted by Crippen LogP contribution is -2.16. The molecule has 20 aromatic rings. The monoisotopic (exact) mass is 1280 g/mol. The van der Waals surface area contributed by atoms with Crippen molar-refractivity contribution in [3.05, 3.63) is 294 Å². The van der Waals surface area contributed by atoms with Gasteiger partial charge >= 0.3 is 0 Å². The molecule has 0 bridgehead atoms. The molecule has 0 aliphatic rings. The van der Waals surface area contributed by atoms with Gasteiger partial charge in [0, 0.05) is 159 Å². The van der Waals surface area contributed by atoms with E-state index in [-0.39, 0.29) is 0 Å². The van der Waals surface area contributed by atoms with Gasteiger partial charge < -0.3 is 19.6 Å². The van der Waals surface area contributed by atoms with Crippen molar-refractivity contribution in [2.75, 3.05) is 19.6 Å². The second kappa shape index (κ2) is 22.7. The minimum atomic E-state index is 0.778. The molecule has 18 heteroatoms. The van der Waals surface area contributed by atoms with Crippen LogP contribution >= 0.6 is 0 Å². The summed E-state index contributed by atoms with van der Waals surface area (Å²) in [6.07, 6.45) is 24.2. The summed E-state index contributed by atoms with van der Waals surface area (Å²) in [6.45, 7) is 0. The van der Waals surface area contributed by atoms with Crippen molar-refractivity contribution in [3.8, 4) is 0 Å². The van der Waals surface area contributed by atoms with Crippen LogP contribution in [0.3, 0.4) is 0 Å². The molecule has 100 heavy (non-hydrogen) atoms. The van der Waals surface area contributed by atoms with Gasteiger partial charge in [-0.05, 0) is 162 Å². The van der Waals surface area contributed by atoms with Crippen LogP contribution in [0.4, 0.5) is 68.2 Å². The van der Waals surface area contributed by atoms with Crippen LogP contribution < -0.4 is 19.6 Å². The highest BCUT2D eigenvalue weighted by Gasteiger charge is 2.31. The van der Waals surface area contributed by atoms with Crippen LogP contribution in [-0.2, 0) is 0 Å². The van der Waals surface area contributed by atoms with E-state index in [1.165, 1.54) is 0 Å². The number of fused-ring (bicyclic) bond motifs is 8. The number of nitrogens with zero attached hydrogens (tertiary/aromatic N) is 18. The van der Waals surface area contributed by atoms with Gasteiger partial charge in [-0.25, -0.2) is 69.8 Å². The quantitative estimate of drug-likeness (QED) is 0.105. The minimum absolute atomic E-state index is 0.778. The molecular formula is C82H48N18. The van der Waals surface area contributed by atoms with Crippen LogP contribution in [0.15, 0.2) is 294 Å². The average molecular weight is 1290 g/mol. The van der Waals surface area contributed by atoms with E-state index in [2.05, 4.69) is 261 Å². The van der Waals surface area contributed by atoms with E-state index in [1.54, 1.807) is 44.3 Å². The van der Waals surface area contributed by atoms with Gasteiger partial charge in [0.2, 0.25) is 0 Å². The summed E-state index contributed by atoms with van der Waals surface area (Å²) >= 11 is 0. The fourth-order valence-electron chi connectivity index (χ4n) is 14.4. The van der Waals surface area contributed by atoms with Gasteiger partial charge in [0.05, 0.1) is 61.4 Å². The Morgan fingerprint density at radius 3 is 0.630 bits per heavy atom. The SMILES string of the molecule is c1ccc2cc(N(c3ccc4cncnc4c3)c3cc(N(c4ccc5cncnc5c4)c4ccc5cncnc5c4)c4ccc5c(N(c6ccc7cncnc7c6)c6ccc7cncnc7c6)cc(N(c6ccc7cncnc7c6)c6ccc7cncnc7c6)c6ccc3c4c65)ccc2c1. The van der Waals surface area contributed by atoms with Crippen LogP contribution in [0.1, 0.15) is 0 Å². The van der Waals surface area contributed by atoms with E-state index in [0.717, 1.165) is 188 Å². The van der Waals surface area contributed by atoms with Crippen molar-refractivity contribution in [2.24, 2.45) is 0 Å². The molecular weight excluding hydrogens is 1240 g/mol. The Labute approximate surface area is 567 Å². The van der Waals surface area contributed by atoms with Gasteiger partial charge in [0.1, 0.15) is 44.3 Å². The maximum Gasteiger partial charge on any atom is 0.116 e. The van der Waals surface area contributed by atoms with Crippen molar-refractivity contribution in [1.29, 1.82) is 0 Å². The zero-order valence-electron chi connectivity index (χ0n) is 52.8. The van der Waals surface area contributed by atoms with E-state index in [0.29, 0.717) is 0 Å². The highest BCUT2D eigenvalue weighted by Crippen LogP contribution is 2.56. The Hall–Kier alpha value is -14.3. The van der Waals surface area contributed by atoms with Crippen molar-refractivity contribution >= 4 is 188 Å². The molecule has 0 saturated heterocycles. The second-order valence-corrected chi connectivity index (χ2v) is 24.6. The van der Waals surface area contributed by atoms with Gasteiger partial charge in [-0.2, -0.15) is 0 Å². The van der Waals surface area contributed by atoms with E-state index in [1.807, 2.05) is 43.4 Å². The maximum atomic E-state index is 4.88.